The van der Waals surface area contributed by atoms with E-state index in [0.717, 1.165) is 24.1 Å². The largest absolute Gasteiger partial charge is 0.324 e. The second-order valence-electron chi connectivity index (χ2n) is 9.65. The summed E-state index contributed by atoms with van der Waals surface area (Å²) in [7, 11) is 4.37. The molecule has 1 aliphatic heterocycles. The van der Waals surface area contributed by atoms with E-state index in [4.69, 9.17) is 23.2 Å². The molecule has 2 aromatic carbocycles. The number of anilines is 3. The molecule has 2 heterocycles. The van der Waals surface area contributed by atoms with Gasteiger partial charge in [0.2, 0.25) is 5.95 Å². The van der Waals surface area contributed by atoms with Crippen LogP contribution < -0.4 is 10.2 Å². The van der Waals surface area contributed by atoms with Gasteiger partial charge >= 0.3 is 0 Å². The Labute approximate surface area is 226 Å². The van der Waals surface area contributed by atoms with E-state index < -0.39 is 0 Å². The van der Waals surface area contributed by atoms with Crippen molar-refractivity contribution in [1.82, 2.24) is 14.9 Å². The van der Waals surface area contributed by atoms with Crippen molar-refractivity contribution in [2.45, 2.75) is 43.2 Å². The Morgan fingerprint density at radius 1 is 1.06 bits per heavy atom. The van der Waals surface area contributed by atoms with Crippen LogP contribution >= 0.6 is 35.0 Å². The zero-order valence-electron chi connectivity index (χ0n) is 20.4. The molecule has 1 fully saturated rings. The molecule has 188 valence electrons. The van der Waals surface area contributed by atoms with Crippen LogP contribution in [0.5, 0.6) is 0 Å². The molecule has 3 aromatic rings. The number of nitrogens with zero attached hydrogens (tertiary/aromatic N) is 4. The third-order valence-electron chi connectivity index (χ3n) is 7.05. The fraction of sp³-hybridized carbons (Fsp3) is 0.370. The number of nitrogens with one attached hydrogen (secondary N) is 1. The van der Waals surface area contributed by atoms with Crippen molar-refractivity contribution in [2.75, 3.05) is 30.2 Å². The van der Waals surface area contributed by atoms with Crippen molar-refractivity contribution in [3.8, 4) is 0 Å². The molecule has 9 heteroatoms. The van der Waals surface area contributed by atoms with Crippen LogP contribution in [-0.4, -0.2) is 46.8 Å². The van der Waals surface area contributed by atoms with Crippen LogP contribution in [0.15, 0.2) is 53.7 Å². The smallest absolute Gasteiger partial charge is 0.263 e. The summed E-state index contributed by atoms with van der Waals surface area (Å²) in [5.41, 5.74) is 3.23. The molecule has 1 N–H and O–H groups in total. The highest BCUT2D eigenvalue weighted by Gasteiger charge is 2.30. The van der Waals surface area contributed by atoms with Crippen molar-refractivity contribution in [3.05, 3.63) is 69.8 Å². The van der Waals surface area contributed by atoms with E-state index in [2.05, 4.69) is 58.5 Å². The van der Waals surface area contributed by atoms with Gasteiger partial charge in [-0.25, -0.2) is 9.97 Å². The zero-order chi connectivity index (χ0) is 25.2. The van der Waals surface area contributed by atoms with Crippen LogP contribution in [-0.2, 0) is 6.42 Å². The summed E-state index contributed by atoms with van der Waals surface area (Å²) in [6.07, 6.45) is 7.85. The Hall–Kier alpha value is -2.32. The molecule has 0 bridgehead atoms. The molecule has 2 aliphatic rings. The molecule has 1 aromatic heterocycles. The molecular weight excluding hydrogens is 513 g/mol. The second kappa shape index (κ2) is 11.0. The molecular formula is C27H29Cl2N5OS. The SMILES string of the molecule is CN(C)C1CCC(Cc2ccc(Nc3ncc4c(n3)SCN(c3c(Cl)cccc3Cl)C4=O)cc2)CC1. The molecule has 0 saturated heterocycles. The highest BCUT2D eigenvalue weighted by molar-refractivity contribution is 7.99. The average molecular weight is 543 g/mol. The molecule has 0 atom stereocenters. The van der Waals surface area contributed by atoms with Gasteiger partial charge in [-0.15, -0.1) is 0 Å². The highest BCUT2D eigenvalue weighted by Crippen LogP contribution is 2.39. The number of carbonyl (C=O) groups is 1. The fourth-order valence-electron chi connectivity index (χ4n) is 4.98. The van der Waals surface area contributed by atoms with Crippen LogP contribution in [0.1, 0.15) is 41.6 Å². The minimum atomic E-state index is -0.214. The molecule has 1 amide bonds. The van der Waals surface area contributed by atoms with Gasteiger partial charge < -0.3 is 10.2 Å². The second-order valence-corrected chi connectivity index (χ2v) is 11.4. The van der Waals surface area contributed by atoms with Crippen molar-refractivity contribution < 1.29 is 4.79 Å². The van der Waals surface area contributed by atoms with E-state index in [1.807, 2.05) is 0 Å². The molecule has 5 rings (SSSR count). The Kier molecular flexibility index (Phi) is 7.72. The van der Waals surface area contributed by atoms with Gasteiger partial charge in [-0.2, -0.15) is 0 Å². The minimum absolute atomic E-state index is 0.214. The van der Waals surface area contributed by atoms with Gasteiger partial charge in [0.05, 0.1) is 27.2 Å². The molecule has 1 aliphatic carbocycles. The fourth-order valence-corrected chi connectivity index (χ4v) is 6.52. The van der Waals surface area contributed by atoms with Gasteiger partial charge in [0.1, 0.15) is 5.03 Å². The van der Waals surface area contributed by atoms with E-state index in [9.17, 15) is 4.79 Å². The highest BCUT2D eigenvalue weighted by atomic mass is 35.5. The van der Waals surface area contributed by atoms with Crippen LogP contribution in [0.4, 0.5) is 17.3 Å². The first-order valence-electron chi connectivity index (χ1n) is 12.2. The normalized spacial score (nSPS) is 19.9. The van der Waals surface area contributed by atoms with E-state index >= 15 is 0 Å². The molecule has 6 nitrogen and oxygen atoms in total. The number of hydrogen-bond acceptors (Lipinski definition) is 6. The van der Waals surface area contributed by atoms with Crippen molar-refractivity contribution in [2.24, 2.45) is 5.92 Å². The van der Waals surface area contributed by atoms with Crippen LogP contribution in [0, 0.1) is 5.92 Å². The zero-order valence-corrected chi connectivity index (χ0v) is 22.7. The lowest BCUT2D eigenvalue weighted by Crippen LogP contribution is -2.35. The molecule has 36 heavy (non-hydrogen) atoms. The summed E-state index contributed by atoms with van der Waals surface area (Å²) in [5.74, 6) is 1.39. The predicted molar refractivity (Wildman–Crippen MR) is 149 cm³/mol. The summed E-state index contributed by atoms with van der Waals surface area (Å²) in [4.78, 5) is 26.1. The third kappa shape index (κ3) is 5.49. The van der Waals surface area contributed by atoms with Gasteiger partial charge in [-0.05, 0) is 81.9 Å². The lowest BCUT2D eigenvalue weighted by atomic mass is 9.82. The summed E-state index contributed by atoms with van der Waals surface area (Å²) in [6, 6.07) is 14.4. The maximum absolute atomic E-state index is 13.1. The number of benzene rings is 2. The molecule has 1 saturated carbocycles. The number of rotatable bonds is 6. The quantitative estimate of drug-likeness (QED) is 0.342. The maximum Gasteiger partial charge on any atom is 0.263 e. The van der Waals surface area contributed by atoms with Gasteiger partial charge in [-0.1, -0.05) is 53.2 Å². The van der Waals surface area contributed by atoms with Crippen LogP contribution in [0.25, 0.3) is 0 Å². The monoisotopic (exact) mass is 541 g/mol. The van der Waals surface area contributed by atoms with Crippen LogP contribution in [0.3, 0.4) is 0 Å². The topological polar surface area (TPSA) is 61.4 Å². The Morgan fingerprint density at radius 3 is 2.42 bits per heavy atom. The van der Waals surface area contributed by atoms with E-state index in [-0.39, 0.29) is 5.91 Å². The summed E-state index contributed by atoms with van der Waals surface area (Å²) in [6.45, 7) is 0. The average Bonchev–Trinajstić information content (AvgIpc) is 2.87. The first kappa shape index (κ1) is 25.3. The van der Waals surface area contributed by atoms with Gasteiger partial charge in [0.15, 0.2) is 0 Å². The van der Waals surface area contributed by atoms with Crippen molar-refractivity contribution in [3.63, 3.8) is 0 Å². The third-order valence-corrected chi connectivity index (χ3v) is 8.63. The number of carbonyl (C=O) groups excluding carboxylic acids is 1. The van der Waals surface area contributed by atoms with Crippen LogP contribution in [0.2, 0.25) is 10.0 Å². The minimum Gasteiger partial charge on any atom is -0.324 e. The predicted octanol–water partition coefficient (Wildman–Crippen LogP) is 6.90. The van der Waals surface area contributed by atoms with Crippen molar-refractivity contribution in [1.29, 1.82) is 0 Å². The Bertz CT molecular complexity index is 1230. The lowest BCUT2D eigenvalue weighted by Gasteiger charge is -2.32. The van der Waals surface area contributed by atoms with E-state index in [1.54, 1.807) is 29.3 Å². The molecule has 0 unspecified atom stereocenters. The van der Waals surface area contributed by atoms with E-state index in [0.29, 0.717) is 38.1 Å². The van der Waals surface area contributed by atoms with Gasteiger partial charge in [-0.3, -0.25) is 9.69 Å². The number of amides is 1. The number of aromatic nitrogens is 2. The number of halogens is 2. The number of thioether (sulfide) groups is 1. The number of fused-ring (bicyclic) bond motifs is 1. The van der Waals surface area contributed by atoms with E-state index in [1.165, 1.54) is 43.0 Å². The Morgan fingerprint density at radius 2 is 1.75 bits per heavy atom. The van der Waals surface area contributed by atoms with Gasteiger partial charge in [0, 0.05) is 17.9 Å². The standard InChI is InChI=1S/C27H29Cl2N5OS/c1-33(2)20-12-8-18(9-13-20)14-17-6-10-19(11-7-17)31-27-30-15-21-25(32-27)36-16-34(26(21)35)24-22(28)4-3-5-23(24)29/h3-7,10-11,15,18,20H,8-9,12-14,16H2,1-2H3,(H,30,31,32). The summed E-state index contributed by atoms with van der Waals surface area (Å²) in [5, 5.41) is 4.78. The Balaban J connectivity index is 1.22. The summed E-state index contributed by atoms with van der Waals surface area (Å²) < 4.78 is 0. The molecule has 0 spiro atoms. The first-order valence-corrected chi connectivity index (χ1v) is 13.9. The molecule has 0 radical (unpaired) electrons. The first-order chi connectivity index (χ1) is 17.4. The summed E-state index contributed by atoms with van der Waals surface area (Å²) >= 11 is 14.1. The van der Waals surface area contributed by atoms with Crippen molar-refractivity contribution >= 4 is 58.2 Å². The maximum atomic E-state index is 13.1. The number of hydrogen-bond donors (Lipinski definition) is 1. The van der Waals surface area contributed by atoms with Gasteiger partial charge in [0.25, 0.3) is 5.91 Å². The lowest BCUT2D eigenvalue weighted by molar-refractivity contribution is 0.0985. The number of para-hydroxylation sites is 1.